The lowest BCUT2D eigenvalue weighted by Gasteiger charge is -2.20. The number of fused-ring (bicyclic) bond motifs is 1. The highest BCUT2D eigenvalue weighted by Crippen LogP contribution is 2.22. The number of hydrogen-bond donors (Lipinski definition) is 1. The van der Waals surface area contributed by atoms with Gasteiger partial charge in [-0.2, -0.15) is 0 Å². The molecule has 1 fully saturated rings. The summed E-state index contributed by atoms with van der Waals surface area (Å²) in [5.74, 6) is 0.764. The second kappa shape index (κ2) is 10.5. The van der Waals surface area contributed by atoms with Crippen molar-refractivity contribution < 1.29 is 4.79 Å². The predicted octanol–water partition coefficient (Wildman–Crippen LogP) is 4.26. The zero-order valence-corrected chi connectivity index (χ0v) is 19.6. The minimum Gasteiger partial charge on any atom is -0.355 e. The van der Waals surface area contributed by atoms with Gasteiger partial charge in [0.2, 0.25) is 5.91 Å². The van der Waals surface area contributed by atoms with Gasteiger partial charge in [-0.25, -0.2) is 4.98 Å². The number of amides is 1. The quantitative estimate of drug-likeness (QED) is 0.454. The van der Waals surface area contributed by atoms with Gasteiger partial charge in [0, 0.05) is 37.3 Å². The molecule has 1 saturated heterocycles. The van der Waals surface area contributed by atoms with Crippen LogP contribution in [-0.4, -0.2) is 38.7 Å². The third-order valence-corrected chi connectivity index (χ3v) is 6.36. The molecule has 1 aliphatic heterocycles. The smallest absolute Gasteiger partial charge is 0.261 e. The fraction of sp³-hybridized carbons (Fsp3) is 0.296. The van der Waals surface area contributed by atoms with Gasteiger partial charge in [-0.1, -0.05) is 37.1 Å². The van der Waals surface area contributed by atoms with Gasteiger partial charge in [-0.05, 0) is 49.2 Å². The highest BCUT2D eigenvalue weighted by molar-refractivity contribution is 5.91. The lowest BCUT2D eigenvalue weighted by Crippen LogP contribution is -2.25. The van der Waals surface area contributed by atoms with E-state index in [1.807, 2.05) is 48.5 Å². The molecule has 3 heterocycles. The molecule has 5 rings (SSSR count). The monoisotopic (exact) mass is 468 g/mol. The lowest BCUT2D eigenvalue weighted by molar-refractivity contribution is -0.116. The Morgan fingerprint density at radius 3 is 2.40 bits per heavy atom. The molecule has 0 spiro atoms. The van der Waals surface area contributed by atoms with Crippen LogP contribution in [0.25, 0.3) is 22.2 Å². The normalized spacial score (nSPS) is 14.0. The van der Waals surface area contributed by atoms with Crippen molar-refractivity contribution in [1.82, 2.24) is 19.7 Å². The van der Waals surface area contributed by atoms with Crippen LogP contribution in [0, 0.1) is 0 Å². The second-order valence-corrected chi connectivity index (χ2v) is 8.81. The molecule has 0 unspecified atom stereocenters. The largest absolute Gasteiger partial charge is 0.355 e. The first-order chi connectivity index (χ1) is 17.2. The minimum atomic E-state index is -0.167. The van der Waals surface area contributed by atoms with E-state index in [-0.39, 0.29) is 24.4 Å². The van der Waals surface area contributed by atoms with Crippen LogP contribution in [0.2, 0.25) is 0 Å². The van der Waals surface area contributed by atoms with Gasteiger partial charge in [0.05, 0.1) is 22.9 Å². The molecule has 1 amide bonds. The molecular formula is C27H28N6O2. The van der Waals surface area contributed by atoms with Crippen molar-refractivity contribution in [3.8, 4) is 11.3 Å². The Bertz CT molecular complexity index is 1360. The van der Waals surface area contributed by atoms with Gasteiger partial charge in [-0.3, -0.25) is 14.2 Å². The molecule has 2 aromatic heterocycles. The van der Waals surface area contributed by atoms with Crippen LogP contribution in [0.5, 0.6) is 0 Å². The van der Waals surface area contributed by atoms with E-state index in [1.165, 1.54) is 36.6 Å². The van der Waals surface area contributed by atoms with E-state index in [9.17, 15) is 9.59 Å². The molecular weight excluding hydrogens is 440 g/mol. The van der Waals surface area contributed by atoms with Gasteiger partial charge in [0.25, 0.3) is 5.56 Å². The Labute approximate surface area is 203 Å². The number of aromatic nitrogens is 4. The first-order valence-corrected chi connectivity index (χ1v) is 12.1. The zero-order chi connectivity index (χ0) is 24.0. The van der Waals surface area contributed by atoms with Crippen molar-refractivity contribution in [2.75, 3.05) is 23.3 Å². The van der Waals surface area contributed by atoms with Crippen molar-refractivity contribution in [3.63, 3.8) is 0 Å². The molecule has 4 aromatic rings. The highest BCUT2D eigenvalue weighted by atomic mass is 16.2. The molecule has 8 nitrogen and oxygen atoms in total. The van der Waals surface area contributed by atoms with Crippen LogP contribution >= 0.6 is 0 Å². The van der Waals surface area contributed by atoms with Gasteiger partial charge in [-0.15, -0.1) is 10.2 Å². The van der Waals surface area contributed by atoms with E-state index in [4.69, 9.17) is 0 Å². The van der Waals surface area contributed by atoms with Crippen molar-refractivity contribution in [1.29, 1.82) is 0 Å². The average molecular weight is 469 g/mol. The third kappa shape index (κ3) is 5.37. The van der Waals surface area contributed by atoms with Crippen LogP contribution in [-0.2, 0) is 11.3 Å². The van der Waals surface area contributed by atoms with E-state index in [2.05, 4.69) is 25.4 Å². The molecule has 0 aliphatic carbocycles. The molecule has 178 valence electrons. The molecule has 2 aromatic carbocycles. The predicted molar refractivity (Wildman–Crippen MR) is 137 cm³/mol. The van der Waals surface area contributed by atoms with E-state index in [0.717, 1.165) is 30.2 Å². The molecule has 1 N–H and O–H groups in total. The lowest BCUT2D eigenvalue weighted by atomic mass is 10.1. The number of anilines is 2. The van der Waals surface area contributed by atoms with Crippen LogP contribution in [0.3, 0.4) is 0 Å². The van der Waals surface area contributed by atoms with Gasteiger partial charge < -0.3 is 10.2 Å². The Hall–Kier alpha value is -4.07. The summed E-state index contributed by atoms with van der Waals surface area (Å²) in [5.41, 5.74) is 2.93. The number of hydrogen-bond acceptors (Lipinski definition) is 6. The number of para-hydroxylation sites is 1. The van der Waals surface area contributed by atoms with Crippen molar-refractivity contribution in [2.45, 2.75) is 38.6 Å². The molecule has 35 heavy (non-hydrogen) atoms. The molecule has 0 atom stereocenters. The van der Waals surface area contributed by atoms with E-state index in [1.54, 1.807) is 12.1 Å². The van der Waals surface area contributed by atoms with E-state index < -0.39 is 0 Å². The van der Waals surface area contributed by atoms with Crippen LogP contribution in [0.1, 0.15) is 32.1 Å². The first-order valence-electron chi connectivity index (χ1n) is 12.1. The second-order valence-electron chi connectivity index (χ2n) is 8.81. The van der Waals surface area contributed by atoms with Crippen molar-refractivity contribution >= 4 is 28.3 Å². The topological polar surface area (TPSA) is 93.0 Å². The van der Waals surface area contributed by atoms with E-state index in [0.29, 0.717) is 16.6 Å². The van der Waals surface area contributed by atoms with Gasteiger partial charge in [0.1, 0.15) is 0 Å². The number of rotatable bonds is 6. The number of carbonyl (C=O) groups is 1. The van der Waals surface area contributed by atoms with Crippen LogP contribution in [0.15, 0.2) is 71.8 Å². The fourth-order valence-electron chi connectivity index (χ4n) is 4.38. The number of nitrogens with one attached hydrogen (secondary N) is 1. The molecule has 8 heteroatoms. The third-order valence-electron chi connectivity index (χ3n) is 6.36. The summed E-state index contributed by atoms with van der Waals surface area (Å²) in [5, 5.41) is 12.3. The Kier molecular flexibility index (Phi) is 6.79. The molecule has 0 radical (unpaired) electrons. The number of carbonyl (C=O) groups excluding carboxylic acids is 1. The summed E-state index contributed by atoms with van der Waals surface area (Å²) in [7, 11) is 0. The van der Waals surface area contributed by atoms with Crippen LogP contribution in [0.4, 0.5) is 11.5 Å². The summed E-state index contributed by atoms with van der Waals surface area (Å²) >= 11 is 0. The number of aryl methyl sites for hydroxylation is 1. The fourth-order valence-corrected chi connectivity index (χ4v) is 4.38. The SMILES string of the molecule is O=C(CCn1cnc2ccccc2c1=O)Nc1ccc(-c2ccc(N3CCCCCC3)nn2)cc1. The Morgan fingerprint density at radius 2 is 1.66 bits per heavy atom. The number of benzene rings is 2. The maximum atomic E-state index is 12.6. The summed E-state index contributed by atoms with van der Waals surface area (Å²) in [4.78, 5) is 31.6. The van der Waals surface area contributed by atoms with E-state index >= 15 is 0 Å². The Balaban J connectivity index is 1.18. The molecule has 0 saturated carbocycles. The average Bonchev–Trinajstić information content (AvgIpc) is 3.19. The maximum Gasteiger partial charge on any atom is 0.261 e. The van der Waals surface area contributed by atoms with Crippen molar-refractivity contribution in [2.24, 2.45) is 0 Å². The first kappa shape index (κ1) is 22.7. The summed E-state index contributed by atoms with van der Waals surface area (Å²) < 4.78 is 1.47. The van der Waals surface area contributed by atoms with Crippen molar-refractivity contribution in [3.05, 3.63) is 77.3 Å². The summed E-state index contributed by atoms with van der Waals surface area (Å²) in [6.45, 7) is 2.34. The molecule has 1 aliphatic rings. The summed E-state index contributed by atoms with van der Waals surface area (Å²) in [6, 6.07) is 18.8. The van der Waals surface area contributed by atoms with Gasteiger partial charge >= 0.3 is 0 Å². The molecule has 0 bridgehead atoms. The standard InChI is InChI=1S/C27H28N6O2/c34-26(15-18-33-19-28-24-8-4-3-7-22(24)27(33)35)29-21-11-9-20(10-12-21)23-13-14-25(31-30-23)32-16-5-1-2-6-17-32/h3-4,7-14,19H,1-2,5-6,15-18H2,(H,29,34). The maximum absolute atomic E-state index is 12.6. The Morgan fingerprint density at radius 1 is 0.886 bits per heavy atom. The zero-order valence-electron chi connectivity index (χ0n) is 19.6. The van der Waals surface area contributed by atoms with Crippen LogP contribution < -0.4 is 15.8 Å². The summed E-state index contributed by atoms with van der Waals surface area (Å²) in [6.07, 6.45) is 6.63. The highest BCUT2D eigenvalue weighted by Gasteiger charge is 2.12. The minimum absolute atomic E-state index is 0.143. The van der Waals surface area contributed by atoms with Gasteiger partial charge in [0.15, 0.2) is 5.82 Å². The number of nitrogens with zero attached hydrogens (tertiary/aromatic N) is 5.